The van der Waals surface area contributed by atoms with Gasteiger partial charge in [0.2, 0.25) is 0 Å². The van der Waals surface area contributed by atoms with E-state index < -0.39 is 29.1 Å². The first-order valence-corrected chi connectivity index (χ1v) is 10.9. The Morgan fingerprint density at radius 3 is 2.62 bits per heavy atom. The highest BCUT2D eigenvalue weighted by atomic mass is 79.9. The second kappa shape index (κ2) is 10.0. The minimum Gasteiger partial charge on any atom is -0.488 e. The number of esters is 1. The first-order chi connectivity index (χ1) is 15.2. The van der Waals surface area contributed by atoms with E-state index in [2.05, 4.69) is 20.7 Å². The summed E-state index contributed by atoms with van der Waals surface area (Å²) in [6, 6.07) is 10.6. The molecule has 1 atom stereocenters. The molecule has 1 heterocycles. The minimum atomic E-state index is -1.01. The van der Waals surface area contributed by atoms with E-state index in [-0.39, 0.29) is 17.1 Å². The number of imide groups is 1. The number of hydrogen-bond donors (Lipinski definition) is 1. The fourth-order valence-electron chi connectivity index (χ4n) is 2.92. The number of rotatable bonds is 7. The van der Waals surface area contributed by atoms with Gasteiger partial charge in [-0.1, -0.05) is 18.2 Å². The Hall–Kier alpha value is -3.11. The summed E-state index contributed by atoms with van der Waals surface area (Å²) in [5, 5.41) is 8.54. The van der Waals surface area contributed by atoms with Crippen molar-refractivity contribution in [3.8, 4) is 5.75 Å². The van der Waals surface area contributed by atoms with Crippen molar-refractivity contribution >= 4 is 56.9 Å². The van der Waals surface area contributed by atoms with Crippen molar-refractivity contribution in [2.45, 2.75) is 19.6 Å². The highest BCUT2D eigenvalue weighted by molar-refractivity contribution is 9.10. The number of carboxylic acids is 1. The van der Waals surface area contributed by atoms with Gasteiger partial charge < -0.3 is 14.6 Å². The third-order valence-corrected chi connectivity index (χ3v) is 6.08. The number of methoxy groups -OCH3 is 1. The van der Waals surface area contributed by atoms with Crippen molar-refractivity contribution in [1.29, 1.82) is 0 Å². The van der Waals surface area contributed by atoms with Gasteiger partial charge in [-0.05, 0) is 76.1 Å². The first kappa shape index (κ1) is 23.6. The van der Waals surface area contributed by atoms with Crippen LogP contribution in [0.5, 0.6) is 5.75 Å². The maximum absolute atomic E-state index is 12.6. The van der Waals surface area contributed by atoms with Crippen LogP contribution in [0.2, 0.25) is 0 Å². The zero-order valence-electron chi connectivity index (χ0n) is 17.0. The number of hydrogen-bond acceptors (Lipinski definition) is 7. The molecule has 1 saturated heterocycles. The van der Waals surface area contributed by atoms with Crippen molar-refractivity contribution in [2.75, 3.05) is 7.11 Å². The Bertz CT molecular complexity index is 1130. The van der Waals surface area contributed by atoms with Crippen molar-refractivity contribution in [1.82, 2.24) is 4.90 Å². The molecule has 1 fully saturated rings. The summed E-state index contributed by atoms with van der Waals surface area (Å²) in [6.45, 7) is 1.60. The van der Waals surface area contributed by atoms with Crippen LogP contribution in [0.4, 0.5) is 4.79 Å². The Balaban J connectivity index is 1.72. The predicted octanol–water partition coefficient (Wildman–Crippen LogP) is 4.32. The molecular formula is C22H18BrNO7S. The van der Waals surface area contributed by atoms with Crippen LogP contribution in [0.1, 0.15) is 28.4 Å². The maximum atomic E-state index is 12.6. The van der Waals surface area contributed by atoms with Gasteiger partial charge in [0.15, 0.2) is 0 Å². The number of benzene rings is 2. The van der Waals surface area contributed by atoms with Crippen LogP contribution in [0, 0.1) is 0 Å². The molecule has 0 unspecified atom stereocenters. The van der Waals surface area contributed by atoms with E-state index in [1.54, 1.807) is 36.4 Å². The number of nitrogens with zero attached hydrogens (tertiary/aromatic N) is 1. The smallest absolute Gasteiger partial charge is 0.335 e. The number of carbonyl (C=O) groups excluding carboxylic acids is 3. The van der Waals surface area contributed by atoms with Crippen molar-refractivity contribution in [3.63, 3.8) is 0 Å². The Morgan fingerprint density at radius 2 is 1.97 bits per heavy atom. The molecule has 0 aromatic heterocycles. The van der Waals surface area contributed by atoms with Crippen LogP contribution in [0.3, 0.4) is 0 Å². The minimum absolute atomic E-state index is 0.170. The van der Waals surface area contributed by atoms with Gasteiger partial charge in [-0.3, -0.25) is 14.5 Å². The van der Waals surface area contributed by atoms with Gasteiger partial charge in [-0.25, -0.2) is 9.59 Å². The lowest BCUT2D eigenvalue weighted by atomic mass is 10.1. The van der Waals surface area contributed by atoms with E-state index in [0.717, 1.165) is 16.7 Å². The molecule has 3 rings (SSSR count). The summed E-state index contributed by atoms with van der Waals surface area (Å²) >= 11 is 4.17. The quantitative estimate of drug-likeness (QED) is 0.425. The average molecular weight is 520 g/mol. The van der Waals surface area contributed by atoms with E-state index in [1.807, 2.05) is 0 Å². The van der Waals surface area contributed by atoms with Crippen molar-refractivity contribution in [2.24, 2.45) is 0 Å². The highest BCUT2D eigenvalue weighted by Crippen LogP contribution is 2.35. The van der Waals surface area contributed by atoms with Gasteiger partial charge in [-0.2, -0.15) is 0 Å². The number of amides is 2. The number of carboxylic acid groups (broad SMARTS) is 1. The lowest BCUT2D eigenvalue weighted by molar-refractivity contribution is -0.148. The molecule has 0 saturated carbocycles. The highest BCUT2D eigenvalue weighted by Gasteiger charge is 2.41. The molecule has 2 aromatic rings. The average Bonchev–Trinajstić information content (AvgIpc) is 3.04. The number of ether oxygens (including phenoxy) is 2. The zero-order valence-corrected chi connectivity index (χ0v) is 19.4. The summed E-state index contributed by atoms with van der Waals surface area (Å²) in [6.07, 6.45) is 1.56. The van der Waals surface area contributed by atoms with Crippen molar-refractivity contribution < 1.29 is 33.8 Å². The van der Waals surface area contributed by atoms with Crippen LogP contribution < -0.4 is 4.74 Å². The monoisotopic (exact) mass is 519 g/mol. The summed E-state index contributed by atoms with van der Waals surface area (Å²) < 4.78 is 11.0. The molecule has 2 amide bonds. The van der Waals surface area contributed by atoms with Gasteiger partial charge >= 0.3 is 11.9 Å². The SMILES string of the molecule is COC(=O)[C@@H](C)N1C(=O)S/C(=C/c2ccc(OCc3cccc(C(=O)O)c3)c(Br)c2)C1=O. The molecule has 8 nitrogen and oxygen atoms in total. The van der Waals surface area contributed by atoms with Crippen molar-refractivity contribution in [3.05, 3.63) is 68.5 Å². The second-order valence-corrected chi connectivity index (χ2v) is 8.58. The van der Waals surface area contributed by atoms with E-state index in [9.17, 15) is 19.2 Å². The van der Waals surface area contributed by atoms with Gasteiger partial charge in [-0.15, -0.1) is 0 Å². The van der Waals surface area contributed by atoms with Crippen LogP contribution in [-0.4, -0.2) is 46.2 Å². The Labute approximate surface area is 196 Å². The van der Waals surface area contributed by atoms with E-state index in [4.69, 9.17) is 9.84 Å². The van der Waals surface area contributed by atoms with Crippen LogP contribution in [0.25, 0.3) is 6.08 Å². The molecule has 0 aliphatic carbocycles. The van der Waals surface area contributed by atoms with Crippen LogP contribution >= 0.6 is 27.7 Å². The topological polar surface area (TPSA) is 110 Å². The molecule has 10 heteroatoms. The molecule has 0 radical (unpaired) electrons. The number of aromatic carboxylic acids is 1. The van der Waals surface area contributed by atoms with E-state index >= 15 is 0 Å². The molecule has 1 aliphatic rings. The zero-order chi connectivity index (χ0) is 23.4. The summed E-state index contributed by atoms with van der Waals surface area (Å²) in [4.78, 5) is 48.7. The molecule has 0 bridgehead atoms. The molecule has 166 valence electrons. The molecule has 1 N–H and O–H groups in total. The molecule has 1 aliphatic heterocycles. The maximum Gasteiger partial charge on any atom is 0.335 e. The van der Waals surface area contributed by atoms with Gasteiger partial charge in [0.25, 0.3) is 11.1 Å². The lowest BCUT2D eigenvalue weighted by Gasteiger charge is -2.18. The van der Waals surface area contributed by atoms with Gasteiger partial charge in [0.1, 0.15) is 18.4 Å². The van der Waals surface area contributed by atoms with Gasteiger partial charge in [0, 0.05) is 0 Å². The molecule has 2 aromatic carbocycles. The number of thioether (sulfide) groups is 1. The Kier molecular flexibility index (Phi) is 7.37. The number of halogens is 1. The second-order valence-electron chi connectivity index (χ2n) is 6.73. The normalized spacial score (nSPS) is 15.7. The van der Waals surface area contributed by atoms with Crippen LogP contribution in [0.15, 0.2) is 51.8 Å². The summed E-state index contributed by atoms with van der Waals surface area (Å²) in [5.74, 6) is -1.72. The molecular weight excluding hydrogens is 502 g/mol. The molecule has 0 spiro atoms. The third kappa shape index (κ3) is 5.20. The standard InChI is InChI=1S/C22H18BrNO7S/c1-12(21(28)30-2)24-19(25)18(32-22(24)29)10-13-6-7-17(16(23)9-13)31-11-14-4-3-5-15(8-14)20(26)27/h3-10,12H,11H2,1-2H3,(H,26,27)/b18-10+/t12-/m1/s1. The van der Waals surface area contributed by atoms with Crippen LogP contribution in [-0.2, 0) is 20.9 Å². The predicted molar refractivity (Wildman–Crippen MR) is 121 cm³/mol. The van der Waals surface area contributed by atoms with Gasteiger partial charge in [0.05, 0.1) is 22.1 Å². The third-order valence-electron chi connectivity index (χ3n) is 4.58. The first-order valence-electron chi connectivity index (χ1n) is 9.30. The Morgan fingerprint density at radius 1 is 1.22 bits per heavy atom. The fraction of sp³-hybridized carbons (Fsp3) is 0.182. The van der Waals surface area contributed by atoms with E-state index in [0.29, 0.717) is 21.3 Å². The molecule has 32 heavy (non-hydrogen) atoms. The van der Waals surface area contributed by atoms with E-state index in [1.165, 1.54) is 26.2 Å². The largest absolute Gasteiger partial charge is 0.488 e. The lowest BCUT2D eigenvalue weighted by Crippen LogP contribution is -2.42. The summed E-state index contributed by atoms with van der Waals surface area (Å²) in [5.41, 5.74) is 1.53. The number of carbonyl (C=O) groups is 4. The summed E-state index contributed by atoms with van der Waals surface area (Å²) in [7, 11) is 1.19. The fourth-order valence-corrected chi connectivity index (χ4v) is 4.34.